The smallest absolute Gasteiger partial charge is 0.306 e. The number of carbonyl (C=O) groups excluding carboxylic acids is 3. The molecule has 0 saturated heterocycles. The van der Waals surface area contributed by atoms with Crippen molar-refractivity contribution in [2.75, 3.05) is 13.2 Å². The number of allylic oxidation sites excluding steroid dienone is 18. The van der Waals surface area contributed by atoms with Crippen LogP contribution in [0.1, 0.15) is 290 Å². The summed E-state index contributed by atoms with van der Waals surface area (Å²) in [7, 11) is 0. The maximum absolute atomic E-state index is 12.9. The second-order valence-electron chi connectivity index (χ2n) is 20.6. The standard InChI is InChI=1S/C69H116O6/c1-4-7-10-13-16-19-22-25-27-29-31-32-33-34-35-36-37-38-39-41-42-44-47-50-53-56-59-62-68(71)74-65-66(64-73-67(70)61-58-55-52-49-46-24-21-18-15-12-9-6-3)75-69(72)63-60-57-54-51-48-45-43-40-30-28-26-23-20-17-14-11-8-5-2/h7,10,16,18-19,21,25,27-28,30-32,34-35,37-38,41-42,66H,4-6,8-9,11-15,17,20,22-24,26,29,33,36,39-40,43-65H2,1-3H3/b10-7-,19-16-,21-18-,27-25-,30-28-,32-31-,35-34-,38-37-,42-41-. The van der Waals surface area contributed by atoms with Gasteiger partial charge in [-0.15, -0.1) is 0 Å². The molecular weight excluding hydrogens is 925 g/mol. The summed E-state index contributed by atoms with van der Waals surface area (Å²) in [6.45, 7) is 6.49. The highest BCUT2D eigenvalue weighted by atomic mass is 16.6. The predicted octanol–water partition coefficient (Wildman–Crippen LogP) is 21.4. The maximum atomic E-state index is 12.9. The minimum Gasteiger partial charge on any atom is -0.462 e. The number of rotatable bonds is 56. The molecule has 0 aliphatic carbocycles. The molecule has 0 spiro atoms. The SMILES string of the molecule is CC/C=C\C/C=C\C/C=C\C/C=C\C/C=C\C/C=C\C/C=C\CCCCCCCC(=O)OCC(COC(=O)CCCCCCC/C=C\CCCCC)OC(=O)CCCCCCCCC/C=C\CCCCCCCCC. The molecule has 0 bridgehead atoms. The van der Waals surface area contributed by atoms with Gasteiger partial charge in [0.2, 0.25) is 0 Å². The number of hydrogen-bond acceptors (Lipinski definition) is 6. The van der Waals surface area contributed by atoms with E-state index >= 15 is 0 Å². The molecule has 0 aliphatic heterocycles. The lowest BCUT2D eigenvalue weighted by Crippen LogP contribution is -2.30. The van der Waals surface area contributed by atoms with Crippen molar-refractivity contribution in [3.8, 4) is 0 Å². The molecule has 0 fully saturated rings. The van der Waals surface area contributed by atoms with E-state index in [1.165, 1.54) is 122 Å². The first kappa shape index (κ1) is 71.1. The molecule has 1 unspecified atom stereocenters. The maximum Gasteiger partial charge on any atom is 0.306 e. The summed E-state index contributed by atoms with van der Waals surface area (Å²) in [5.74, 6) is -0.918. The lowest BCUT2D eigenvalue weighted by molar-refractivity contribution is -0.167. The molecule has 0 saturated carbocycles. The van der Waals surface area contributed by atoms with Gasteiger partial charge in [-0.05, 0) is 128 Å². The van der Waals surface area contributed by atoms with Crippen LogP contribution in [0.2, 0.25) is 0 Å². The van der Waals surface area contributed by atoms with Crippen LogP contribution in [0.3, 0.4) is 0 Å². The molecular formula is C69H116O6. The van der Waals surface area contributed by atoms with Gasteiger partial charge in [0.25, 0.3) is 0 Å². The van der Waals surface area contributed by atoms with E-state index in [1.54, 1.807) is 0 Å². The average molecular weight is 1040 g/mol. The minimum absolute atomic E-state index is 0.0907. The number of hydrogen-bond donors (Lipinski definition) is 0. The fourth-order valence-electron chi connectivity index (χ4n) is 8.53. The molecule has 0 aliphatic rings. The molecule has 6 nitrogen and oxygen atoms in total. The highest BCUT2D eigenvalue weighted by molar-refractivity contribution is 5.71. The topological polar surface area (TPSA) is 78.9 Å². The Morgan fingerprint density at radius 3 is 0.853 bits per heavy atom. The third kappa shape index (κ3) is 60.8. The molecule has 0 amide bonds. The predicted molar refractivity (Wildman–Crippen MR) is 325 cm³/mol. The lowest BCUT2D eigenvalue weighted by atomic mass is 10.1. The van der Waals surface area contributed by atoms with Crippen LogP contribution in [0.4, 0.5) is 0 Å². The van der Waals surface area contributed by atoms with Crippen LogP contribution in [-0.2, 0) is 28.6 Å². The number of unbranched alkanes of at least 4 members (excludes halogenated alkanes) is 27. The Kier molecular flexibility index (Phi) is 59.3. The third-order valence-corrected chi connectivity index (χ3v) is 13.2. The molecule has 6 heteroatoms. The summed E-state index contributed by atoms with van der Waals surface area (Å²) in [5.41, 5.74) is 0. The second-order valence-corrected chi connectivity index (χ2v) is 20.6. The summed E-state index contributed by atoms with van der Waals surface area (Å²) in [4.78, 5) is 38.2. The van der Waals surface area contributed by atoms with Crippen molar-refractivity contribution in [3.63, 3.8) is 0 Å². The van der Waals surface area contributed by atoms with Crippen molar-refractivity contribution in [2.45, 2.75) is 297 Å². The van der Waals surface area contributed by atoms with E-state index in [-0.39, 0.29) is 31.1 Å². The van der Waals surface area contributed by atoms with Crippen molar-refractivity contribution in [1.82, 2.24) is 0 Å². The van der Waals surface area contributed by atoms with Crippen LogP contribution in [0, 0.1) is 0 Å². The van der Waals surface area contributed by atoms with Crippen molar-refractivity contribution in [3.05, 3.63) is 109 Å². The Labute approximate surface area is 463 Å². The lowest BCUT2D eigenvalue weighted by Gasteiger charge is -2.18. The van der Waals surface area contributed by atoms with Gasteiger partial charge in [-0.3, -0.25) is 14.4 Å². The Morgan fingerprint density at radius 1 is 0.280 bits per heavy atom. The summed E-state index contributed by atoms with van der Waals surface area (Å²) < 4.78 is 16.9. The molecule has 75 heavy (non-hydrogen) atoms. The van der Waals surface area contributed by atoms with Crippen LogP contribution < -0.4 is 0 Å². The van der Waals surface area contributed by atoms with E-state index in [1.807, 2.05) is 0 Å². The van der Waals surface area contributed by atoms with E-state index in [4.69, 9.17) is 14.2 Å². The van der Waals surface area contributed by atoms with Crippen molar-refractivity contribution in [2.24, 2.45) is 0 Å². The zero-order valence-corrected chi connectivity index (χ0v) is 49.0. The number of carbonyl (C=O) groups is 3. The van der Waals surface area contributed by atoms with Gasteiger partial charge in [-0.1, -0.05) is 252 Å². The van der Waals surface area contributed by atoms with Crippen LogP contribution in [0.25, 0.3) is 0 Å². The molecule has 0 heterocycles. The van der Waals surface area contributed by atoms with Gasteiger partial charge < -0.3 is 14.2 Å². The number of esters is 3. The Hall–Kier alpha value is -3.93. The fourth-order valence-corrected chi connectivity index (χ4v) is 8.53. The molecule has 0 aromatic heterocycles. The van der Waals surface area contributed by atoms with Gasteiger partial charge in [0.1, 0.15) is 13.2 Å². The van der Waals surface area contributed by atoms with Crippen molar-refractivity contribution in [1.29, 1.82) is 0 Å². The van der Waals surface area contributed by atoms with E-state index < -0.39 is 6.10 Å². The van der Waals surface area contributed by atoms with Crippen molar-refractivity contribution < 1.29 is 28.6 Å². The quantitative estimate of drug-likeness (QED) is 0.0261. The summed E-state index contributed by atoms with van der Waals surface area (Å²) >= 11 is 0. The number of ether oxygens (including phenoxy) is 3. The van der Waals surface area contributed by atoms with E-state index in [9.17, 15) is 14.4 Å². The van der Waals surface area contributed by atoms with Gasteiger partial charge in [0, 0.05) is 19.3 Å². The summed E-state index contributed by atoms with van der Waals surface area (Å²) in [6, 6.07) is 0. The van der Waals surface area contributed by atoms with E-state index in [0.717, 1.165) is 128 Å². The first-order valence-electron chi connectivity index (χ1n) is 31.4. The highest BCUT2D eigenvalue weighted by Crippen LogP contribution is 2.15. The molecule has 1 atom stereocenters. The molecule has 0 aromatic rings. The Morgan fingerprint density at radius 2 is 0.520 bits per heavy atom. The fraction of sp³-hybridized carbons (Fsp3) is 0.696. The molecule has 0 aromatic carbocycles. The Balaban J connectivity index is 4.37. The summed E-state index contributed by atoms with van der Waals surface area (Å²) in [6.07, 6.45) is 85.1. The van der Waals surface area contributed by atoms with Gasteiger partial charge in [0.15, 0.2) is 6.10 Å². The van der Waals surface area contributed by atoms with Gasteiger partial charge in [-0.25, -0.2) is 0 Å². The highest BCUT2D eigenvalue weighted by Gasteiger charge is 2.19. The monoisotopic (exact) mass is 1040 g/mol. The van der Waals surface area contributed by atoms with Gasteiger partial charge >= 0.3 is 17.9 Å². The third-order valence-electron chi connectivity index (χ3n) is 13.2. The van der Waals surface area contributed by atoms with Crippen molar-refractivity contribution >= 4 is 17.9 Å². The zero-order chi connectivity index (χ0) is 54.3. The second kappa shape index (κ2) is 62.6. The molecule has 428 valence electrons. The van der Waals surface area contributed by atoms with Crippen LogP contribution in [0.5, 0.6) is 0 Å². The van der Waals surface area contributed by atoms with Gasteiger partial charge in [0.05, 0.1) is 0 Å². The largest absolute Gasteiger partial charge is 0.462 e. The average Bonchev–Trinajstić information content (AvgIpc) is 3.41. The van der Waals surface area contributed by atoms with E-state index in [2.05, 4.69) is 130 Å². The summed E-state index contributed by atoms with van der Waals surface area (Å²) in [5, 5.41) is 0. The molecule has 0 radical (unpaired) electrons. The van der Waals surface area contributed by atoms with Crippen LogP contribution in [-0.4, -0.2) is 37.2 Å². The minimum atomic E-state index is -0.794. The van der Waals surface area contributed by atoms with Crippen LogP contribution in [0.15, 0.2) is 109 Å². The van der Waals surface area contributed by atoms with E-state index in [0.29, 0.717) is 19.3 Å². The molecule has 0 rings (SSSR count). The first-order chi connectivity index (χ1) is 37.0. The Bertz CT molecular complexity index is 1520. The normalized spacial score (nSPS) is 12.8. The van der Waals surface area contributed by atoms with Gasteiger partial charge in [-0.2, -0.15) is 0 Å². The van der Waals surface area contributed by atoms with Crippen LogP contribution >= 0.6 is 0 Å². The first-order valence-corrected chi connectivity index (χ1v) is 31.4. The zero-order valence-electron chi connectivity index (χ0n) is 49.0. The molecule has 0 N–H and O–H groups in total.